The summed E-state index contributed by atoms with van der Waals surface area (Å²) in [5, 5.41) is 19.3. The quantitative estimate of drug-likeness (QED) is 0.518. The van der Waals surface area contributed by atoms with Gasteiger partial charge in [-0.05, 0) is 29.8 Å². The first kappa shape index (κ1) is 16.7. The van der Waals surface area contributed by atoms with Gasteiger partial charge in [-0.25, -0.2) is 0 Å². The van der Waals surface area contributed by atoms with Crippen LogP contribution in [0.4, 0.5) is 11.7 Å². The standard InChI is InChI=1S/C17H13Cl2N5O2/c1-25-10-4-2-3-9(7-10)8-13-22-24-17(26-13)20-12-6-5-11-14(15(12)18)16(19)23-21-11/h2-7H,8H2,1H3,(H,20,24)(H,21,23). The van der Waals surface area contributed by atoms with Crippen LogP contribution >= 0.6 is 23.2 Å². The lowest BCUT2D eigenvalue weighted by Gasteiger charge is -2.05. The lowest BCUT2D eigenvalue weighted by Crippen LogP contribution is -1.91. The van der Waals surface area contributed by atoms with Gasteiger partial charge < -0.3 is 14.5 Å². The maximum absolute atomic E-state index is 6.40. The zero-order valence-corrected chi connectivity index (χ0v) is 15.1. The number of fused-ring (bicyclic) bond motifs is 1. The molecule has 0 unspecified atom stereocenters. The third-order valence-corrected chi connectivity index (χ3v) is 4.48. The van der Waals surface area contributed by atoms with Crippen molar-refractivity contribution < 1.29 is 9.15 Å². The van der Waals surface area contributed by atoms with Gasteiger partial charge in [-0.3, -0.25) is 5.10 Å². The van der Waals surface area contributed by atoms with E-state index in [4.69, 9.17) is 32.4 Å². The molecule has 0 atom stereocenters. The molecule has 0 aliphatic rings. The number of H-pyrrole nitrogens is 1. The minimum atomic E-state index is 0.240. The predicted octanol–water partition coefficient (Wildman–Crippen LogP) is 4.60. The average Bonchev–Trinajstić information content (AvgIpc) is 3.24. The number of aromatic amines is 1. The van der Waals surface area contributed by atoms with Crippen molar-refractivity contribution in [1.29, 1.82) is 0 Å². The van der Waals surface area contributed by atoms with E-state index in [1.54, 1.807) is 19.2 Å². The highest BCUT2D eigenvalue weighted by molar-refractivity contribution is 6.43. The molecule has 0 bridgehead atoms. The zero-order valence-electron chi connectivity index (χ0n) is 13.6. The molecule has 0 aliphatic carbocycles. The molecule has 0 spiro atoms. The van der Waals surface area contributed by atoms with E-state index in [0.29, 0.717) is 39.1 Å². The molecule has 0 amide bonds. The highest BCUT2D eigenvalue weighted by Gasteiger charge is 2.14. The molecule has 0 saturated heterocycles. The van der Waals surface area contributed by atoms with Crippen molar-refractivity contribution in [1.82, 2.24) is 20.4 Å². The van der Waals surface area contributed by atoms with Crippen LogP contribution in [0.2, 0.25) is 10.2 Å². The summed E-state index contributed by atoms with van der Waals surface area (Å²) in [6.45, 7) is 0. The van der Waals surface area contributed by atoms with E-state index in [2.05, 4.69) is 25.7 Å². The van der Waals surface area contributed by atoms with E-state index in [1.165, 1.54) is 0 Å². The molecule has 0 saturated carbocycles. The van der Waals surface area contributed by atoms with E-state index < -0.39 is 0 Å². The van der Waals surface area contributed by atoms with Crippen LogP contribution < -0.4 is 10.1 Å². The molecule has 2 aromatic heterocycles. The zero-order chi connectivity index (χ0) is 18.1. The Labute approximate surface area is 158 Å². The molecule has 2 aromatic carbocycles. The lowest BCUT2D eigenvalue weighted by molar-refractivity contribution is 0.414. The Morgan fingerprint density at radius 3 is 2.92 bits per heavy atom. The van der Waals surface area contributed by atoms with Crippen molar-refractivity contribution in [3.63, 3.8) is 0 Å². The normalized spacial score (nSPS) is 11.0. The van der Waals surface area contributed by atoms with Crippen molar-refractivity contribution in [3.8, 4) is 5.75 Å². The van der Waals surface area contributed by atoms with Gasteiger partial charge >= 0.3 is 6.01 Å². The molecule has 0 fully saturated rings. The first-order valence-electron chi connectivity index (χ1n) is 7.68. The number of rotatable bonds is 5. The van der Waals surface area contributed by atoms with E-state index >= 15 is 0 Å². The van der Waals surface area contributed by atoms with Gasteiger partial charge in [0.1, 0.15) is 10.9 Å². The fraction of sp³-hybridized carbons (Fsp3) is 0.118. The first-order chi connectivity index (χ1) is 12.6. The minimum Gasteiger partial charge on any atom is -0.497 e. The lowest BCUT2D eigenvalue weighted by atomic mass is 10.1. The number of halogens is 2. The topological polar surface area (TPSA) is 88.9 Å². The smallest absolute Gasteiger partial charge is 0.320 e. The van der Waals surface area contributed by atoms with Gasteiger partial charge in [0.05, 0.1) is 35.1 Å². The summed E-state index contributed by atoms with van der Waals surface area (Å²) >= 11 is 12.5. The van der Waals surface area contributed by atoms with Gasteiger partial charge in [0, 0.05) is 0 Å². The third kappa shape index (κ3) is 3.18. The van der Waals surface area contributed by atoms with Crippen LogP contribution in [0.5, 0.6) is 5.75 Å². The Morgan fingerprint density at radius 1 is 1.19 bits per heavy atom. The van der Waals surface area contributed by atoms with Gasteiger partial charge in [-0.15, -0.1) is 5.10 Å². The molecule has 0 aliphatic heterocycles. The van der Waals surface area contributed by atoms with Crippen molar-refractivity contribution in [3.05, 3.63) is 58.0 Å². The molecule has 2 heterocycles. The van der Waals surface area contributed by atoms with Gasteiger partial charge in [0.25, 0.3) is 0 Å². The van der Waals surface area contributed by atoms with Crippen molar-refractivity contribution >= 4 is 45.8 Å². The third-order valence-electron chi connectivity index (χ3n) is 3.81. The number of anilines is 2. The van der Waals surface area contributed by atoms with Crippen molar-refractivity contribution in [2.75, 3.05) is 12.4 Å². The molecule has 2 N–H and O–H groups in total. The summed E-state index contributed by atoms with van der Waals surface area (Å²) < 4.78 is 10.9. The SMILES string of the molecule is COc1cccc(Cc2nnc(Nc3ccc4n[nH]c(Cl)c4c3Cl)o2)c1. The first-order valence-corrected chi connectivity index (χ1v) is 8.44. The van der Waals surface area contributed by atoms with Crippen LogP contribution in [-0.4, -0.2) is 27.5 Å². The summed E-state index contributed by atoms with van der Waals surface area (Å²) in [5.74, 6) is 1.25. The molecular weight excluding hydrogens is 377 g/mol. The van der Waals surface area contributed by atoms with Crippen LogP contribution in [0.15, 0.2) is 40.8 Å². The van der Waals surface area contributed by atoms with Crippen LogP contribution in [0.1, 0.15) is 11.5 Å². The number of aromatic nitrogens is 4. The van der Waals surface area contributed by atoms with Gasteiger partial charge in [0.2, 0.25) is 5.89 Å². The molecule has 7 nitrogen and oxygen atoms in total. The minimum absolute atomic E-state index is 0.240. The summed E-state index contributed by atoms with van der Waals surface area (Å²) in [6.07, 6.45) is 0.492. The summed E-state index contributed by atoms with van der Waals surface area (Å²) in [7, 11) is 1.63. The monoisotopic (exact) mass is 389 g/mol. The predicted molar refractivity (Wildman–Crippen MR) is 99.5 cm³/mol. The second-order valence-electron chi connectivity index (χ2n) is 5.51. The molecule has 4 aromatic rings. The number of nitrogens with one attached hydrogen (secondary N) is 2. The Bertz CT molecular complexity index is 1080. The van der Waals surface area contributed by atoms with E-state index in [0.717, 1.165) is 11.3 Å². The van der Waals surface area contributed by atoms with E-state index in [-0.39, 0.29) is 6.01 Å². The van der Waals surface area contributed by atoms with Crippen molar-refractivity contribution in [2.45, 2.75) is 6.42 Å². The van der Waals surface area contributed by atoms with Crippen molar-refractivity contribution in [2.24, 2.45) is 0 Å². The summed E-state index contributed by atoms with van der Waals surface area (Å²) in [6, 6.07) is 11.5. The summed E-state index contributed by atoms with van der Waals surface area (Å²) in [4.78, 5) is 0. The maximum Gasteiger partial charge on any atom is 0.320 e. The Balaban J connectivity index is 1.55. The molecule has 4 rings (SSSR count). The highest BCUT2D eigenvalue weighted by atomic mass is 35.5. The van der Waals surface area contributed by atoms with Gasteiger partial charge in [0.15, 0.2) is 0 Å². The van der Waals surface area contributed by atoms with Crippen LogP contribution in [0.3, 0.4) is 0 Å². The molecule has 26 heavy (non-hydrogen) atoms. The molecule has 0 radical (unpaired) electrons. The number of methoxy groups -OCH3 is 1. The Morgan fingerprint density at radius 2 is 2.08 bits per heavy atom. The Hall–Kier alpha value is -2.77. The average molecular weight is 390 g/mol. The fourth-order valence-corrected chi connectivity index (χ4v) is 3.16. The number of hydrogen-bond donors (Lipinski definition) is 2. The maximum atomic E-state index is 6.40. The Kier molecular flexibility index (Phi) is 4.40. The van der Waals surface area contributed by atoms with Gasteiger partial charge in [-0.2, -0.15) is 5.10 Å². The number of ether oxygens (including phenoxy) is 1. The second-order valence-corrected chi connectivity index (χ2v) is 6.27. The van der Waals surface area contributed by atoms with Crippen LogP contribution in [-0.2, 0) is 6.42 Å². The second kappa shape index (κ2) is 6.86. The van der Waals surface area contributed by atoms with Gasteiger partial charge in [-0.1, -0.05) is 40.4 Å². The fourth-order valence-electron chi connectivity index (χ4n) is 2.58. The van der Waals surface area contributed by atoms with E-state index in [9.17, 15) is 0 Å². The largest absolute Gasteiger partial charge is 0.497 e. The molecular formula is C17H13Cl2N5O2. The van der Waals surface area contributed by atoms with E-state index in [1.807, 2.05) is 24.3 Å². The number of benzene rings is 2. The number of nitrogens with zero attached hydrogens (tertiary/aromatic N) is 3. The van der Waals surface area contributed by atoms with Crippen LogP contribution in [0.25, 0.3) is 10.9 Å². The summed E-state index contributed by atoms with van der Waals surface area (Å²) in [5.41, 5.74) is 2.28. The molecule has 9 heteroatoms. The number of hydrogen-bond acceptors (Lipinski definition) is 6. The van der Waals surface area contributed by atoms with Crippen LogP contribution in [0, 0.1) is 0 Å². The highest BCUT2D eigenvalue weighted by Crippen LogP contribution is 2.35. The molecule has 132 valence electrons.